The summed E-state index contributed by atoms with van der Waals surface area (Å²) in [7, 11) is 0. The van der Waals surface area contributed by atoms with Gasteiger partial charge in [0.05, 0.1) is 0 Å². The molecule has 3 nitrogen and oxygen atoms in total. The van der Waals surface area contributed by atoms with Crippen molar-refractivity contribution in [2.45, 2.75) is 0 Å². The van der Waals surface area contributed by atoms with E-state index in [0.717, 1.165) is 44.9 Å². The Morgan fingerprint density at radius 1 is 0.327 bits per heavy atom. The zero-order valence-electron chi connectivity index (χ0n) is 28.3. The Hall–Kier alpha value is -6.97. The molecular weight excluding hydrogens is 633 g/mol. The predicted octanol–water partition coefficient (Wildman–Crippen LogP) is 13.8. The first-order valence-electron chi connectivity index (χ1n) is 17.6. The van der Waals surface area contributed by atoms with Crippen molar-refractivity contribution in [3.05, 3.63) is 194 Å². The van der Waals surface area contributed by atoms with Gasteiger partial charge in [-0.2, -0.15) is 0 Å². The topological polar surface area (TPSA) is 29.3 Å². The molecule has 0 bridgehead atoms. The molecule has 0 aliphatic heterocycles. The van der Waals surface area contributed by atoms with Crippen molar-refractivity contribution < 1.29 is 4.42 Å². The lowest BCUT2D eigenvalue weighted by molar-refractivity contribution is 0.620. The number of anilines is 3. The summed E-state index contributed by atoms with van der Waals surface area (Å²) in [6, 6.07) is 69.1. The third-order valence-electron chi connectivity index (χ3n) is 10.0. The zero-order chi connectivity index (χ0) is 34.4. The first kappa shape index (κ1) is 29.9. The average molecular weight is 665 g/mol. The minimum Gasteiger partial charge on any atom is -0.436 e. The Balaban J connectivity index is 0.984. The number of para-hydroxylation sites is 2. The Bertz CT molecular complexity index is 2850. The molecule has 0 spiro atoms. The molecule has 10 rings (SSSR count). The van der Waals surface area contributed by atoms with Gasteiger partial charge in [0.1, 0.15) is 5.52 Å². The SMILES string of the molecule is c1ccc2cc(N(c3ccc(-c4ccc(-c5nc6ccccc6o5)cc4)cc3)c3ccc(-c4ccc5cc6ccccc6cc5c4)cc3)ccc2c1. The van der Waals surface area contributed by atoms with Crippen molar-refractivity contribution in [1.29, 1.82) is 0 Å². The summed E-state index contributed by atoms with van der Waals surface area (Å²) in [4.78, 5) is 7.00. The third-order valence-corrected chi connectivity index (χ3v) is 10.0. The van der Waals surface area contributed by atoms with Crippen LogP contribution in [0.5, 0.6) is 0 Å². The molecule has 244 valence electrons. The maximum Gasteiger partial charge on any atom is 0.227 e. The molecule has 9 aromatic carbocycles. The van der Waals surface area contributed by atoms with E-state index in [0.29, 0.717) is 5.89 Å². The number of aromatic nitrogens is 1. The van der Waals surface area contributed by atoms with Crippen LogP contribution in [0.3, 0.4) is 0 Å². The van der Waals surface area contributed by atoms with Crippen molar-refractivity contribution in [2.24, 2.45) is 0 Å². The molecule has 10 aromatic rings. The van der Waals surface area contributed by atoms with Crippen LogP contribution in [-0.4, -0.2) is 4.98 Å². The summed E-state index contributed by atoms with van der Waals surface area (Å²) < 4.78 is 6.00. The van der Waals surface area contributed by atoms with Crippen LogP contribution < -0.4 is 4.90 Å². The first-order valence-corrected chi connectivity index (χ1v) is 17.6. The highest BCUT2D eigenvalue weighted by molar-refractivity contribution is 6.00. The lowest BCUT2D eigenvalue weighted by Crippen LogP contribution is -2.09. The summed E-state index contributed by atoms with van der Waals surface area (Å²) in [6.07, 6.45) is 0. The van der Waals surface area contributed by atoms with Crippen molar-refractivity contribution in [3.8, 4) is 33.7 Å². The minimum atomic E-state index is 0.634. The van der Waals surface area contributed by atoms with Crippen LogP contribution >= 0.6 is 0 Å². The maximum absolute atomic E-state index is 6.00. The number of fused-ring (bicyclic) bond motifs is 4. The number of hydrogen-bond donors (Lipinski definition) is 0. The lowest BCUT2D eigenvalue weighted by atomic mass is 9.98. The zero-order valence-corrected chi connectivity index (χ0v) is 28.3. The second kappa shape index (κ2) is 12.4. The van der Waals surface area contributed by atoms with E-state index in [9.17, 15) is 0 Å². The van der Waals surface area contributed by atoms with Gasteiger partial charge in [-0.1, -0.05) is 115 Å². The van der Waals surface area contributed by atoms with Crippen LogP contribution in [0.4, 0.5) is 17.1 Å². The van der Waals surface area contributed by atoms with Crippen molar-refractivity contribution in [1.82, 2.24) is 4.98 Å². The molecule has 0 aliphatic carbocycles. The molecular formula is C49H32N2O. The fourth-order valence-corrected chi connectivity index (χ4v) is 7.29. The van der Waals surface area contributed by atoms with Gasteiger partial charge in [0.25, 0.3) is 0 Å². The molecule has 3 heteroatoms. The van der Waals surface area contributed by atoms with Gasteiger partial charge in [0, 0.05) is 22.6 Å². The highest BCUT2D eigenvalue weighted by Crippen LogP contribution is 2.39. The average Bonchev–Trinajstić information content (AvgIpc) is 3.65. The van der Waals surface area contributed by atoms with Gasteiger partial charge in [-0.05, 0) is 133 Å². The summed E-state index contributed by atoms with van der Waals surface area (Å²) >= 11 is 0. The molecule has 0 fully saturated rings. The van der Waals surface area contributed by atoms with E-state index in [1.807, 2.05) is 24.3 Å². The highest BCUT2D eigenvalue weighted by Gasteiger charge is 2.15. The normalized spacial score (nSPS) is 11.5. The third kappa shape index (κ3) is 5.46. The van der Waals surface area contributed by atoms with Gasteiger partial charge in [-0.25, -0.2) is 4.98 Å². The van der Waals surface area contributed by atoms with E-state index >= 15 is 0 Å². The Labute approximate surface area is 301 Å². The molecule has 0 atom stereocenters. The van der Waals surface area contributed by atoms with E-state index in [-0.39, 0.29) is 0 Å². The summed E-state index contributed by atoms with van der Waals surface area (Å²) in [5.41, 5.74) is 10.6. The number of hydrogen-bond acceptors (Lipinski definition) is 3. The van der Waals surface area contributed by atoms with E-state index in [1.165, 1.54) is 43.4 Å². The molecule has 0 aliphatic rings. The smallest absolute Gasteiger partial charge is 0.227 e. The van der Waals surface area contributed by atoms with Crippen LogP contribution in [0, 0.1) is 0 Å². The molecule has 0 amide bonds. The van der Waals surface area contributed by atoms with Gasteiger partial charge in [-0.15, -0.1) is 0 Å². The summed E-state index contributed by atoms with van der Waals surface area (Å²) in [6.45, 7) is 0. The fraction of sp³-hybridized carbons (Fsp3) is 0. The van der Waals surface area contributed by atoms with E-state index < -0.39 is 0 Å². The molecule has 1 heterocycles. The van der Waals surface area contributed by atoms with Gasteiger partial charge in [0.15, 0.2) is 5.58 Å². The summed E-state index contributed by atoms with van der Waals surface area (Å²) in [5, 5.41) is 7.46. The largest absolute Gasteiger partial charge is 0.436 e. The van der Waals surface area contributed by atoms with Gasteiger partial charge in [-0.3, -0.25) is 0 Å². The predicted molar refractivity (Wildman–Crippen MR) is 218 cm³/mol. The standard InChI is InChI=1S/C49H32N2O/c1-2-10-40-32-46(28-23-33(40)7-1)51(45-26-21-36(22-27-45)41-17-18-42-29-38-8-3-4-9-39(38)30-43(42)31-41)44-24-19-35(20-25-44)34-13-15-37(16-14-34)49-50-47-11-5-6-12-48(47)52-49/h1-32H. The molecule has 52 heavy (non-hydrogen) atoms. The maximum atomic E-state index is 6.00. The Morgan fingerprint density at radius 2 is 0.788 bits per heavy atom. The molecule has 0 unspecified atom stereocenters. The number of oxazole rings is 1. The van der Waals surface area contributed by atoms with Crippen LogP contribution in [-0.2, 0) is 0 Å². The van der Waals surface area contributed by atoms with E-state index in [2.05, 4.69) is 180 Å². The Kier molecular flexibility index (Phi) is 7.14. The number of benzene rings is 9. The van der Waals surface area contributed by atoms with Gasteiger partial charge < -0.3 is 9.32 Å². The lowest BCUT2D eigenvalue weighted by Gasteiger charge is -2.26. The van der Waals surface area contributed by atoms with Gasteiger partial charge >= 0.3 is 0 Å². The number of rotatable bonds is 6. The Morgan fingerprint density at radius 3 is 1.46 bits per heavy atom. The van der Waals surface area contributed by atoms with Crippen molar-refractivity contribution >= 4 is 60.5 Å². The highest BCUT2D eigenvalue weighted by atomic mass is 16.3. The molecule has 0 saturated heterocycles. The number of nitrogens with zero attached hydrogens (tertiary/aromatic N) is 2. The van der Waals surface area contributed by atoms with E-state index in [1.54, 1.807) is 0 Å². The van der Waals surface area contributed by atoms with Crippen LogP contribution in [0.25, 0.3) is 77.1 Å². The quantitative estimate of drug-likeness (QED) is 0.166. The van der Waals surface area contributed by atoms with Crippen LogP contribution in [0.2, 0.25) is 0 Å². The molecule has 0 saturated carbocycles. The first-order chi connectivity index (χ1) is 25.7. The molecule has 1 aromatic heterocycles. The second-order valence-electron chi connectivity index (χ2n) is 13.3. The van der Waals surface area contributed by atoms with Crippen molar-refractivity contribution in [3.63, 3.8) is 0 Å². The second-order valence-corrected chi connectivity index (χ2v) is 13.3. The van der Waals surface area contributed by atoms with Crippen molar-refractivity contribution in [2.75, 3.05) is 4.90 Å². The monoisotopic (exact) mass is 664 g/mol. The van der Waals surface area contributed by atoms with E-state index in [4.69, 9.17) is 4.42 Å². The summed E-state index contributed by atoms with van der Waals surface area (Å²) in [5.74, 6) is 0.634. The van der Waals surface area contributed by atoms with Crippen LogP contribution in [0.15, 0.2) is 199 Å². The van der Waals surface area contributed by atoms with Gasteiger partial charge in [0.2, 0.25) is 5.89 Å². The molecule has 0 radical (unpaired) electrons. The van der Waals surface area contributed by atoms with Crippen LogP contribution in [0.1, 0.15) is 0 Å². The molecule has 0 N–H and O–H groups in total. The fourth-order valence-electron chi connectivity index (χ4n) is 7.29. The minimum absolute atomic E-state index is 0.634.